The van der Waals surface area contributed by atoms with Gasteiger partial charge in [0.25, 0.3) is 5.91 Å². The number of nitrogens with one attached hydrogen (secondary N) is 2. The molecular formula is C18H15ClN6O2S2. The van der Waals surface area contributed by atoms with Crippen LogP contribution in [0.4, 0.5) is 0 Å². The highest BCUT2D eigenvalue weighted by molar-refractivity contribution is 8.13. The van der Waals surface area contributed by atoms with Crippen molar-refractivity contribution in [1.29, 1.82) is 0 Å². The summed E-state index contributed by atoms with van der Waals surface area (Å²) in [5, 5.41) is 13.3. The van der Waals surface area contributed by atoms with E-state index in [4.69, 9.17) is 16.1 Å². The number of thiophene rings is 1. The predicted octanol–water partition coefficient (Wildman–Crippen LogP) is 3.41. The van der Waals surface area contributed by atoms with Gasteiger partial charge in [-0.15, -0.1) is 16.4 Å². The van der Waals surface area contributed by atoms with E-state index in [1.807, 2.05) is 34.7 Å². The Bertz CT molecular complexity index is 1070. The fraction of sp³-hybridized carbons (Fsp3) is 0.222. The molecule has 1 aromatic carbocycles. The third kappa shape index (κ3) is 3.64. The van der Waals surface area contributed by atoms with Crippen LogP contribution in [-0.2, 0) is 10.5 Å². The Morgan fingerprint density at radius 1 is 1.31 bits per heavy atom. The lowest BCUT2D eigenvalue weighted by molar-refractivity contribution is -0.125. The van der Waals surface area contributed by atoms with E-state index < -0.39 is 0 Å². The number of hydrazine groups is 1. The maximum atomic E-state index is 12.2. The first-order valence-electron chi connectivity index (χ1n) is 8.85. The van der Waals surface area contributed by atoms with E-state index in [1.165, 1.54) is 16.6 Å². The molecule has 148 valence electrons. The Hall–Kier alpha value is -2.40. The minimum absolute atomic E-state index is 0.0879. The number of fused-ring (bicyclic) bond motifs is 1. The average Bonchev–Trinajstić information content (AvgIpc) is 3.48. The number of carbonyl (C=O) groups is 1. The number of carbonyl (C=O) groups excluding carboxylic acids is 1. The molecule has 1 fully saturated rings. The molecule has 29 heavy (non-hydrogen) atoms. The lowest BCUT2D eigenvalue weighted by Gasteiger charge is -2.28. The third-order valence-electron chi connectivity index (χ3n) is 4.63. The van der Waals surface area contributed by atoms with Gasteiger partial charge in [0, 0.05) is 16.9 Å². The summed E-state index contributed by atoms with van der Waals surface area (Å²) in [6, 6.07) is 11.2. The number of nitrogens with zero attached hydrogens (tertiary/aromatic N) is 4. The van der Waals surface area contributed by atoms with Crippen molar-refractivity contribution < 1.29 is 9.32 Å². The van der Waals surface area contributed by atoms with Gasteiger partial charge in [-0.25, -0.2) is 10.9 Å². The number of hydrazone groups is 1. The van der Waals surface area contributed by atoms with Crippen LogP contribution in [0.2, 0.25) is 5.02 Å². The summed E-state index contributed by atoms with van der Waals surface area (Å²) >= 11 is 9.28. The van der Waals surface area contributed by atoms with E-state index in [9.17, 15) is 4.79 Å². The van der Waals surface area contributed by atoms with Gasteiger partial charge in [0.15, 0.2) is 5.17 Å². The van der Waals surface area contributed by atoms with Crippen LogP contribution in [-0.4, -0.2) is 32.3 Å². The van der Waals surface area contributed by atoms with E-state index in [0.717, 1.165) is 5.56 Å². The highest BCUT2D eigenvalue weighted by atomic mass is 35.5. The first kappa shape index (κ1) is 18.6. The monoisotopic (exact) mass is 446 g/mol. The Morgan fingerprint density at radius 3 is 3.03 bits per heavy atom. The smallest absolute Gasteiger partial charge is 0.264 e. The maximum Gasteiger partial charge on any atom is 0.264 e. The van der Waals surface area contributed by atoms with Gasteiger partial charge in [0.05, 0.1) is 16.8 Å². The van der Waals surface area contributed by atoms with Crippen LogP contribution in [0, 0.1) is 0 Å². The fourth-order valence-electron chi connectivity index (χ4n) is 3.25. The molecule has 0 radical (unpaired) electrons. The van der Waals surface area contributed by atoms with Crippen LogP contribution in [0.1, 0.15) is 23.2 Å². The van der Waals surface area contributed by atoms with Gasteiger partial charge in [0.2, 0.25) is 11.7 Å². The zero-order chi connectivity index (χ0) is 19.8. The molecule has 1 amide bonds. The standard InChI is InChI=1S/C18H15ClN6O2S2/c19-11-5-2-1-4-10(11)16-20-15(27-24-16)9-29-18-22-21-17(26)13-8-12(23-25(13)18)14-6-3-7-28-14/h1-7,12-13,23H,8-9H2,(H,21,26). The second-order valence-corrected chi connectivity index (χ2v) is 8.80. The van der Waals surface area contributed by atoms with Crippen LogP contribution < -0.4 is 10.9 Å². The molecule has 2 aliphatic rings. The van der Waals surface area contributed by atoms with Crippen molar-refractivity contribution in [2.75, 3.05) is 0 Å². The molecule has 11 heteroatoms. The molecule has 8 nitrogen and oxygen atoms in total. The van der Waals surface area contributed by atoms with Crippen LogP contribution in [0.15, 0.2) is 51.4 Å². The zero-order valence-corrected chi connectivity index (χ0v) is 17.3. The van der Waals surface area contributed by atoms with Crippen molar-refractivity contribution in [1.82, 2.24) is 26.0 Å². The molecule has 0 saturated carbocycles. The van der Waals surface area contributed by atoms with Crippen molar-refractivity contribution in [3.05, 3.63) is 57.6 Å². The minimum Gasteiger partial charge on any atom is -0.338 e. The Morgan fingerprint density at radius 2 is 2.21 bits per heavy atom. The number of rotatable bonds is 4. The molecule has 1 saturated heterocycles. The Kier molecular flexibility index (Phi) is 5.00. The molecule has 2 unspecified atom stereocenters. The number of aromatic nitrogens is 2. The second-order valence-electron chi connectivity index (χ2n) is 6.47. The number of amidine groups is 1. The third-order valence-corrected chi connectivity index (χ3v) is 6.88. The Labute approximate surface area is 179 Å². The quantitative estimate of drug-likeness (QED) is 0.634. The van der Waals surface area contributed by atoms with Gasteiger partial charge in [-0.3, -0.25) is 9.80 Å². The summed E-state index contributed by atoms with van der Waals surface area (Å²) in [6.45, 7) is 0. The predicted molar refractivity (Wildman–Crippen MR) is 112 cm³/mol. The molecule has 0 bridgehead atoms. The van der Waals surface area contributed by atoms with Crippen molar-refractivity contribution in [2.24, 2.45) is 5.10 Å². The average molecular weight is 447 g/mol. The molecule has 3 aromatic rings. The molecular weight excluding hydrogens is 432 g/mol. The van der Waals surface area contributed by atoms with Crippen LogP contribution in [0.3, 0.4) is 0 Å². The molecule has 2 aliphatic heterocycles. The number of thioether (sulfide) groups is 1. The molecule has 5 rings (SSSR count). The summed E-state index contributed by atoms with van der Waals surface area (Å²) in [5.74, 6) is 1.20. The van der Waals surface area contributed by atoms with E-state index >= 15 is 0 Å². The fourth-order valence-corrected chi connectivity index (χ4v) is 5.05. The number of hydrogen-bond donors (Lipinski definition) is 2. The van der Waals surface area contributed by atoms with E-state index in [0.29, 0.717) is 34.1 Å². The first-order valence-corrected chi connectivity index (χ1v) is 11.1. The molecule has 2 N–H and O–H groups in total. The highest BCUT2D eigenvalue weighted by Crippen LogP contribution is 2.34. The van der Waals surface area contributed by atoms with Gasteiger partial charge < -0.3 is 4.52 Å². The molecule has 4 heterocycles. The number of amides is 1. The lowest BCUT2D eigenvalue weighted by atomic mass is 10.1. The van der Waals surface area contributed by atoms with E-state index in [1.54, 1.807) is 17.4 Å². The van der Waals surface area contributed by atoms with Gasteiger partial charge in [-0.1, -0.05) is 46.7 Å². The summed E-state index contributed by atoms with van der Waals surface area (Å²) in [6.07, 6.45) is 0.684. The molecule has 0 spiro atoms. The number of benzene rings is 1. The first-order chi connectivity index (χ1) is 14.2. The largest absolute Gasteiger partial charge is 0.338 e. The van der Waals surface area contributed by atoms with Crippen molar-refractivity contribution >= 4 is 45.8 Å². The summed E-state index contributed by atoms with van der Waals surface area (Å²) in [5.41, 5.74) is 6.73. The molecule has 2 aromatic heterocycles. The van der Waals surface area contributed by atoms with Crippen molar-refractivity contribution in [3.8, 4) is 11.4 Å². The van der Waals surface area contributed by atoms with Gasteiger partial charge in [0.1, 0.15) is 6.04 Å². The second kappa shape index (κ2) is 7.79. The van der Waals surface area contributed by atoms with Crippen LogP contribution in [0.25, 0.3) is 11.4 Å². The topological polar surface area (TPSA) is 95.7 Å². The minimum atomic E-state index is -0.302. The number of halogens is 1. The van der Waals surface area contributed by atoms with Gasteiger partial charge in [-0.2, -0.15) is 4.98 Å². The van der Waals surface area contributed by atoms with Crippen molar-refractivity contribution in [2.45, 2.75) is 24.3 Å². The Balaban J connectivity index is 1.29. The summed E-state index contributed by atoms with van der Waals surface area (Å²) < 4.78 is 5.36. The van der Waals surface area contributed by atoms with E-state index in [-0.39, 0.29) is 18.0 Å². The SMILES string of the molecule is O=C1NN=C(SCc2nc(-c3ccccc3Cl)no2)N2NC(c3cccs3)CC12. The maximum absolute atomic E-state index is 12.2. The highest BCUT2D eigenvalue weighted by Gasteiger charge is 2.42. The normalized spacial score (nSPS) is 21.1. The van der Waals surface area contributed by atoms with E-state index in [2.05, 4.69) is 32.2 Å². The molecule has 0 aliphatic carbocycles. The lowest BCUT2D eigenvalue weighted by Crippen LogP contribution is -2.52. The van der Waals surface area contributed by atoms with Crippen molar-refractivity contribution in [3.63, 3.8) is 0 Å². The van der Waals surface area contributed by atoms with Gasteiger partial charge >= 0.3 is 0 Å². The van der Waals surface area contributed by atoms with Crippen LogP contribution >= 0.6 is 34.7 Å². The van der Waals surface area contributed by atoms with Gasteiger partial charge in [-0.05, 0) is 23.6 Å². The molecule has 2 atom stereocenters. The van der Waals surface area contributed by atoms with Crippen LogP contribution in [0.5, 0.6) is 0 Å². The number of hydrogen-bond acceptors (Lipinski definition) is 9. The zero-order valence-electron chi connectivity index (χ0n) is 14.9. The summed E-state index contributed by atoms with van der Waals surface area (Å²) in [7, 11) is 0. The summed E-state index contributed by atoms with van der Waals surface area (Å²) in [4.78, 5) is 17.9.